The fourth-order valence-corrected chi connectivity index (χ4v) is 3.04. The first-order valence-corrected chi connectivity index (χ1v) is 8.52. The highest BCUT2D eigenvalue weighted by Gasteiger charge is 2.34. The lowest BCUT2D eigenvalue weighted by molar-refractivity contribution is -0.0528. The first-order chi connectivity index (χ1) is 13.6. The van der Waals surface area contributed by atoms with Gasteiger partial charge in [0.1, 0.15) is 11.3 Å². The third kappa shape index (κ3) is 3.70. The molecule has 0 bridgehead atoms. The van der Waals surface area contributed by atoms with Crippen LogP contribution in [0.2, 0.25) is 0 Å². The van der Waals surface area contributed by atoms with Crippen LogP contribution in [-0.4, -0.2) is 49.8 Å². The SMILES string of the molecule is N#CC1(Cn2ncc3ncc(Nc4cc(OC(F)F)n[nH]4)nc32)CCOCC1. The number of anilines is 2. The minimum absolute atomic E-state index is 0.243. The minimum Gasteiger partial charge on any atom is -0.415 e. The Hall–Kier alpha value is -3.33. The number of aromatic nitrogens is 6. The second-order valence-electron chi connectivity index (χ2n) is 6.39. The van der Waals surface area contributed by atoms with Crippen molar-refractivity contribution in [2.24, 2.45) is 5.41 Å². The van der Waals surface area contributed by atoms with Crippen LogP contribution in [0.25, 0.3) is 11.2 Å². The van der Waals surface area contributed by atoms with Gasteiger partial charge in [0.05, 0.1) is 30.4 Å². The molecule has 146 valence electrons. The predicted molar refractivity (Wildman–Crippen MR) is 91.9 cm³/mol. The van der Waals surface area contributed by atoms with E-state index in [1.807, 2.05) is 0 Å². The number of nitrogens with one attached hydrogen (secondary N) is 2. The average molecular weight is 390 g/mol. The van der Waals surface area contributed by atoms with E-state index in [2.05, 4.69) is 41.4 Å². The fraction of sp³-hybridized carbons (Fsp3) is 0.438. The largest absolute Gasteiger partial charge is 0.415 e. The molecule has 0 spiro atoms. The van der Waals surface area contributed by atoms with Gasteiger partial charge >= 0.3 is 6.61 Å². The van der Waals surface area contributed by atoms with Crippen LogP contribution < -0.4 is 10.1 Å². The third-order valence-corrected chi connectivity index (χ3v) is 4.51. The number of alkyl halides is 2. The van der Waals surface area contributed by atoms with Crippen LogP contribution in [0, 0.1) is 16.7 Å². The summed E-state index contributed by atoms with van der Waals surface area (Å²) in [5, 5.41) is 23.0. The van der Waals surface area contributed by atoms with Crippen LogP contribution in [0.3, 0.4) is 0 Å². The standard InChI is InChI=1S/C16H16F2N8O2/c17-15(18)28-13-5-11(24-25-13)22-12-7-20-10-6-21-26(14(10)23-12)9-16(8-19)1-3-27-4-2-16/h5-7,15H,1-4,9H2,(H2,22,23,24,25). The molecule has 0 aromatic carbocycles. The van der Waals surface area contributed by atoms with Crippen LogP contribution in [0.4, 0.5) is 20.4 Å². The third-order valence-electron chi connectivity index (χ3n) is 4.51. The molecule has 0 saturated carbocycles. The van der Waals surface area contributed by atoms with Gasteiger partial charge in [-0.25, -0.2) is 14.6 Å². The van der Waals surface area contributed by atoms with Gasteiger partial charge in [0.25, 0.3) is 0 Å². The van der Waals surface area contributed by atoms with Crippen molar-refractivity contribution in [2.45, 2.75) is 26.0 Å². The molecule has 0 amide bonds. The van der Waals surface area contributed by atoms with E-state index in [1.54, 1.807) is 10.9 Å². The summed E-state index contributed by atoms with van der Waals surface area (Å²) in [6, 6.07) is 3.68. The number of rotatable bonds is 6. The van der Waals surface area contributed by atoms with E-state index >= 15 is 0 Å². The predicted octanol–water partition coefficient (Wildman–Crippen LogP) is 2.21. The molecule has 0 aliphatic carbocycles. The smallest absolute Gasteiger partial charge is 0.388 e. The van der Waals surface area contributed by atoms with Gasteiger partial charge in [-0.15, -0.1) is 5.10 Å². The van der Waals surface area contributed by atoms with Gasteiger partial charge in [0.2, 0.25) is 5.88 Å². The highest BCUT2D eigenvalue weighted by Crippen LogP contribution is 2.32. The summed E-state index contributed by atoms with van der Waals surface area (Å²) in [4.78, 5) is 8.77. The van der Waals surface area contributed by atoms with Crippen molar-refractivity contribution >= 4 is 22.8 Å². The van der Waals surface area contributed by atoms with Gasteiger partial charge in [0, 0.05) is 19.3 Å². The summed E-state index contributed by atoms with van der Waals surface area (Å²) < 4.78 is 35.7. The molecule has 4 heterocycles. The van der Waals surface area contributed by atoms with Crippen LogP contribution in [0.5, 0.6) is 5.88 Å². The highest BCUT2D eigenvalue weighted by atomic mass is 19.3. The molecule has 0 atom stereocenters. The molecule has 3 aromatic heterocycles. The molecule has 0 radical (unpaired) electrons. The molecule has 2 N–H and O–H groups in total. The summed E-state index contributed by atoms with van der Waals surface area (Å²) in [5.74, 6) is 0.430. The van der Waals surface area contributed by atoms with E-state index < -0.39 is 12.0 Å². The van der Waals surface area contributed by atoms with Crippen LogP contribution >= 0.6 is 0 Å². The lowest BCUT2D eigenvalue weighted by Gasteiger charge is -2.30. The first-order valence-electron chi connectivity index (χ1n) is 8.52. The highest BCUT2D eigenvalue weighted by molar-refractivity contribution is 5.72. The Balaban J connectivity index is 1.56. The first kappa shape index (κ1) is 18.1. The maximum atomic E-state index is 12.2. The zero-order chi connectivity index (χ0) is 19.6. The molecule has 1 fully saturated rings. The quantitative estimate of drug-likeness (QED) is 0.656. The number of ether oxygens (including phenoxy) is 2. The van der Waals surface area contributed by atoms with Gasteiger partial charge in [0.15, 0.2) is 11.5 Å². The molecule has 1 saturated heterocycles. The van der Waals surface area contributed by atoms with Gasteiger partial charge < -0.3 is 14.8 Å². The van der Waals surface area contributed by atoms with Gasteiger partial charge in [-0.3, -0.25) is 5.10 Å². The second kappa shape index (κ2) is 7.35. The Morgan fingerprint density at radius 3 is 2.96 bits per heavy atom. The maximum absolute atomic E-state index is 12.2. The van der Waals surface area contributed by atoms with Crippen LogP contribution in [0.15, 0.2) is 18.5 Å². The van der Waals surface area contributed by atoms with Crippen molar-refractivity contribution in [2.75, 3.05) is 18.5 Å². The Morgan fingerprint density at radius 1 is 1.39 bits per heavy atom. The average Bonchev–Trinajstić information content (AvgIpc) is 3.29. The van der Waals surface area contributed by atoms with Crippen molar-refractivity contribution in [3.63, 3.8) is 0 Å². The Kier molecular flexibility index (Phi) is 4.74. The zero-order valence-corrected chi connectivity index (χ0v) is 14.6. The summed E-state index contributed by atoms with van der Waals surface area (Å²) in [6.07, 6.45) is 4.31. The molecular formula is C16H16F2N8O2. The number of hydrogen-bond acceptors (Lipinski definition) is 8. The molecule has 10 nitrogen and oxygen atoms in total. The van der Waals surface area contributed by atoms with E-state index in [0.717, 1.165) is 0 Å². The maximum Gasteiger partial charge on any atom is 0.388 e. The van der Waals surface area contributed by atoms with E-state index in [1.165, 1.54) is 12.3 Å². The minimum atomic E-state index is -2.96. The zero-order valence-electron chi connectivity index (χ0n) is 14.6. The van der Waals surface area contributed by atoms with Crippen molar-refractivity contribution in [1.29, 1.82) is 5.26 Å². The van der Waals surface area contributed by atoms with Crippen molar-refractivity contribution in [3.8, 4) is 11.9 Å². The van der Waals surface area contributed by atoms with Gasteiger partial charge in [-0.2, -0.15) is 19.1 Å². The monoisotopic (exact) mass is 390 g/mol. The molecule has 1 aliphatic rings. The van der Waals surface area contributed by atoms with E-state index in [9.17, 15) is 14.0 Å². The number of fused-ring (bicyclic) bond motifs is 1. The summed E-state index contributed by atoms with van der Waals surface area (Å²) in [6.45, 7) is -1.51. The molecule has 4 rings (SSSR count). The van der Waals surface area contributed by atoms with Crippen LogP contribution in [0.1, 0.15) is 12.8 Å². The van der Waals surface area contributed by atoms with E-state index in [-0.39, 0.29) is 5.88 Å². The molecule has 3 aromatic rings. The second-order valence-corrected chi connectivity index (χ2v) is 6.39. The number of nitrogens with zero attached hydrogens (tertiary/aromatic N) is 6. The summed E-state index contributed by atoms with van der Waals surface area (Å²) >= 11 is 0. The van der Waals surface area contributed by atoms with Crippen molar-refractivity contribution < 1.29 is 18.3 Å². The molecular weight excluding hydrogens is 374 g/mol. The topological polar surface area (TPSA) is 127 Å². The number of aromatic amines is 1. The fourth-order valence-electron chi connectivity index (χ4n) is 3.04. The summed E-state index contributed by atoms with van der Waals surface area (Å²) in [5.41, 5.74) is 0.527. The molecule has 0 unspecified atom stereocenters. The molecule has 1 aliphatic heterocycles. The van der Waals surface area contributed by atoms with Crippen LogP contribution in [-0.2, 0) is 11.3 Å². The molecule has 28 heavy (non-hydrogen) atoms. The lowest BCUT2D eigenvalue weighted by Crippen LogP contribution is -2.33. The van der Waals surface area contributed by atoms with Gasteiger partial charge in [-0.1, -0.05) is 0 Å². The number of nitriles is 1. The number of halogens is 2. The Bertz CT molecular complexity index is 1010. The summed E-state index contributed by atoms with van der Waals surface area (Å²) in [7, 11) is 0. The van der Waals surface area contributed by atoms with Crippen molar-refractivity contribution in [1.82, 2.24) is 29.9 Å². The molecule has 12 heteroatoms. The normalized spacial score (nSPS) is 16.2. The Morgan fingerprint density at radius 2 is 2.21 bits per heavy atom. The number of H-pyrrole nitrogens is 1. The Labute approximate surface area is 157 Å². The van der Waals surface area contributed by atoms with E-state index in [4.69, 9.17) is 4.74 Å². The van der Waals surface area contributed by atoms with E-state index in [0.29, 0.717) is 55.4 Å². The van der Waals surface area contributed by atoms with Gasteiger partial charge in [-0.05, 0) is 12.8 Å². The van der Waals surface area contributed by atoms with Crippen molar-refractivity contribution in [3.05, 3.63) is 18.5 Å². The number of hydrogen-bond donors (Lipinski definition) is 2. The lowest BCUT2D eigenvalue weighted by atomic mass is 9.82.